The molecular weight excluding hydrogens is 374 g/mol. The third-order valence-corrected chi connectivity index (χ3v) is 5.24. The van der Waals surface area contributed by atoms with Gasteiger partial charge in [-0.05, 0) is 42.0 Å². The normalized spacial score (nSPS) is 18.6. The number of carbonyl (C=O) groups is 3. The zero-order valence-electron chi connectivity index (χ0n) is 15.9. The number of urea groups is 1. The Kier molecular flexibility index (Phi) is 4.46. The van der Waals surface area contributed by atoms with Gasteiger partial charge in [0.15, 0.2) is 0 Å². The third-order valence-electron chi connectivity index (χ3n) is 5.24. The van der Waals surface area contributed by atoms with Gasteiger partial charge >= 0.3 is 12.0 Å². The van der Waals surface area contributed by atoms with E-state index < -0.39 is 12.0 Å². The number of methoxy groups -OCH3 is 1. The number of nitrogens with one attached hydrogen (secondary N) is 1. The summed E-state index contributed by atoms with van der Waals surface area (Å²) in [5.74, 6) is -0.577. The number of likely N-dealkylation sites (N-methyl/N-ethyl adjacent to an activating group) is 1. The van der Waals surface area contributed by atoms with E-state index in [0.717, 1.165) is 5.56 Å². The van der Waals surface area contributed by atoms with Crippen LogP contribution in [0.15, 0.2) is 59.8 Å². The number of carboxylic acids is 1. The topological polar surface area (TPSA) is 99.2 Å². The molecule has 2 aromatic carbocycles. The first-order valence-corrected chi connectivity index (χ1v) is 8.97. The minimum Gasteiger partial charge on any atom is -0.497 e. The lowest BCUT2D eigenvalue weighted by molar-refractivity contribution is -0.114. The molecule has 0 saturated heterocycles. The molecule has 2 aliphatic rings. The van der Waals surface area contributed by atoms with Gasteiger partial charge in [0.25, 0.3) is 5.91 Å². The average molecular weight is 393 g/mol. The number of amides is 3. The van der Waals surface area contributed by atoms with Crippen LogP contribution >= 0.6 is 0 Å². The van der Waals surface area contributed by atoms with Crippen molar-refractivity contribution in [1.29, 1.82) is 0 Å². The van der Waals surface area contributed by atoms with Gasteiger partial charge in [-0.15, -0.1) is 0 Å². The van der Waals surface area contributed by atoms with Gasteiger partial charge in [0.2, 0.25) is 0 Å². The van der Waals surface area contributed by atoms with E-state index in [9.17, 15) is 14.4 Å². The molecule has 0 radical (unpaired) electrons. The molecule has 3 amide bonds. The average Bonchev–Trinajstić information content (AvgIpc) is 3.08. The van der Waals surface area contributed by atoms with E-state index in [4.69, 9.17) is 9.84 Å². The predicted octanol–water partition coefficient (Wildman–Crippen LogP) is 2.39. The molecule has 2 aliphatic heterocycles. The fourth-order valence-electron chi connectivity index (χ4n) is 3.61. The molecule has 4 rings (SSSR count). The lowest BCUT2D eigenvalue weighted by Gasteiger charge is -2.31. The number of rotatable bonds is 4. The number of ether oxygens (including phenoxy) is 1. The summed E-state index contributed by atoms with van der Waals surface area (Å²) >= 11 is 0. The zero-order valence-corrected chi connectivity index (χ0v) is 15.9. The summed E-state index contributed by atoms with van der Waals surface area (Å²) in [7, 11) is 3.19. The van der Waals surface area contributed by atoms with Crippen LogP contribution in [0.1, 0.15) is 22.0 Å². The Morgan fingerprint density at radius 3 is 2.34 bits per heavy atom. The first kappa shape index (κ1) is 18.5. The molecule has 0 unspecified atom stereocenters. The van der Waals surface area contributed by atoms with Crippen molar-refractivity contribution in [2.24, 2.45) is 0 Å². The van der Waals surface area contributed by atoms with E-state index in [-0.39, 0.29) is 24.0 Å². The smallest absolute Gasteiger partial charge is 0.335 e. The lowest BCUT2D eigenvalue weighted by Crippen LogP contribution is -2.45. The van der Waals surface area contributed by atoms with Crippen LogP contribution in [0.25, 0.3) is 0 Å². The second-order valence-corrected chi connectivity index (χ2v) is 6.82. The molecule has 2 heterocycles. The number of hydrogen-bond donors (Lipinski definition) is 2. The Hall–Kier alpha value is -3.81. The fourth-order valence-corrected chi connectivity index (χ4v) is 3.61. The molecular formula is C21H19N3O5. The summed E-state index contributed by atoms with van der Waals surface area (Å²) in [5.41, 5.74) is 2.62. The standard InChI is InChI=1S/C21H19N3O5/c1-23-16-11-24(14-7-3-13(4-8-14)20(26)27)19(25)17(16)18(22-21(23)28)12-5-9-15(29-2)10-6-12/h3-10,18H,11H2,1-2H3,(H,22,28)(H,26,27)/t18-/m1/s1. The maximum absolute atomic E-state index is 13.3. The summed E-state index contributed by atoms with van der Waals surface area (Å²) in [5, 5.41) is 12.0. The number of aromatic carboxylic acids is 1. The van der Waals surface area contributed by atoms with Gasteiger partial charge in [0.05, 0.1) is 36.5 Å². The number of carbonyl (C=O) groups excluding carboxylic acids is 2. The van der Waals surface area contributed by atoms with Gasteiger partial charge < -0.3 is 20.1 Å². The van der Waals surface area contributed by atoms with Crippen molar-refractivity contribution in [2.45, 2.75) is 6.04 Å². The van der Waals surface area contributed by atoms with Crippen molar-refractivity contribution in [2.75, 3.05) is 25.6 Å². The quantitative estimate of drug-likeness (QED) is 0.831. The first-order chi connectivity index (χ1) is 13.9. The molecule has 0 saturated carbocycles. The molecule has 8 heteroatoms. The van der Waals surface area contributed by atoms with E-state index in [2.05, 4.69) is 5.32 Å². The summed E-state index contributed by atoms with van der Waals surface area (Å²) in [6.45, 7) is 0.233. The second-order valence-electron chi connectivity index (χ2n) is 6.82. The third kappa shape index (κ3) is 3.08. The second kappa shape index (κ2) is 6.97. The highest BCUT2D eigenvalue weighted by Gasteiger charge is 2.43. The van der Waals surface area contributed by atoms with Crippen molar-refractivity contribution in [1.82, 2.24) is 10.2 Å². The summed E-state index contributed by atoms with van der Waals surface area (Å²) in [6, 6.07) is 12.4. The highest BCUT2D eigenvalue weighted by molar-refractivity contribution is 6.11. The Morgan fingerprint density at radius 1 is 1.10 bits per heavy atom. The zero-order chi connectivity index (χ0) is 20.7. The Bertz CT molecular complexity index is 1030. The van der Waals surface area contributed by atoms with Crippen LogP contribution in [-0.2, 0) is 4.79 Å². The molecule has 0 bridgehead atoms. The van der Waals surface area contributed by atoms with Gasteiger partial charge in [-0.1, -0.05) is 12.1 Å². The highest BCUT2D eigenvalue weighted by Crippen LogP contribution is 2.37. The van der Waals surface area contributed by atoms with Gasteiger partial charge in [-0.3, -0.25) is 9.69 Å². The van der Waals surface area contributed by atoms with E-state index in [1.807, 2.05) is 12.1 Å². The molecule has 0 fully saturated rings. The van der Waals surface area contributed by atoms with E-state index >= 15 is 0 Å². The maximum Gasteiger partial charge on any atom is 0.335 e. The van der Waals surface area contributed by atoms with Crippen LogP contribution in [-0.4, -0.2) is 48.6 Å². The van der Waals surface area contributed by atoms with Crippen molar-refractivity contribution >= 4 is 23.6 Å². The van der Waals surface area contributed by atoms with Crippen LogP contribution in [0.4, 0.5) is 10.5 Å². The van der Waals surface area contributed by atoms with E-state index in [1.54, 1.807) is 43.3 Å². The Morgan fingerprint density at radius 2 is 1.76 bits per heavy atom. The number of nitrogens with zero attached hydrogens (tertiary/aromatic N) is 2. The SMILES string of the molecule is COc1ccc([C@H]2NC(=O)N(C)C3=C2C(=O)N(c2ccc(C(=O)O)cc2)C3)cc1. The van der Waals surface area contributed by atoms with E-state index in [0.29, 0.717) is 22.7 Å². The van der Waals surface area contributed by atoms with Crippen LogP contribution < -0.4 is 15.0 Å². The van der Waals surface area contributed by atoms with Crippen molar-refractivity contribution in [3.8, 4) is 5.75 Å². The molecule has 148 valence electrons. The van der Waals surface area contributed by atoms with Gasteiger partial charge in [0.1, 0.15) is 5.75 Å². The number of anilines is 1. The fraction of sp³-hybridized carbons (Fsp3) is 0.190. The molecule has 0 aliphatic carbocycles. The molecule has 2 N–H and O–H groups in total. The summed E-state index contributed by atoms with van der Waals surface area (Å²) in [4.78, 5) is 39.8. The summed E-state index contributed by atoms with van der Waals surface area (Å²) in [6.07, 6.45) is 0. The van der Waals surface area contributed by atoms with Crippen molar-refractivity contribution in [3.05, 3.63) is 70.9 Å². The minimum absolute atomic E-state index is 0.142. The largest absolute Gasteiger partial charge is 0.497 e. The van der Waals surface area contributed by atoms with Gasteiger partial charge in [-0.2, -0.15) is 0 Å². The number of hydrogen-bond acceptors (Lipinski definition) is 4. The number of benzene rings is 2. The van der Waals surface area contributed by atoms with Crippen LogP contribution in [0.2, 0.25) is 0 Å². The van der Waals surface area contributed by atoms with Crippen molar-refractivity contribution in [3.63, 3.8) is 0 Å². The Labute approximate surface area is 167 Å². The van der Waals surface area contributed by atoms with Crippen LogP contribution in [0.3, 0.4) is 0 Å². The molecule has 2 aromatic rings. The molecule has 1 atom stereocenters. The van der Waals surface area contributed by atoms with Gasteiger partial charge in [0, 0.05) is 12.7 Å². The molecule has 8 nitrogen and oxygen atoms in total. The number of carboxylic acid groups (broad SMARTS) is 1. The van der Waals surface area contributed by atoms with Gasteiger partial charge in [-0.25, -0.2) is 9.59 Å². The summed E-state index contributed by atoms with van der Waals surface area (Å²) < 4.78 is 5.18. The predicted molar refractivity (Wildman–Crippen MR) is 105 cm³/mol. The monoisotopic (exact) mass is 393 g/mol. The highest BCUT2D eigenvalue weighted by atomic mass is 16.5. The molecule has 29 heavy (non-hydrogen) atoms. The van der Waals surface area contributed by atoms with Crippen LogP contribution in [0, 0.1) is 0 Å². The molecule has 0 spiro atoms. The van der Waals surface area contributed by atoms with Crippen molar-refractivity contribution < 1.29 is 24.2 Å². The first-order valence-electron chi connectivity index (χ1n) is 8.97. The molecule has 0 aromatic heterocycles. The lowest BCUT2D eigenvalue weighted by atomic mass is 9.95. The van der Waals surface area contributed by atoms with Crippen LogP contribution in [0.5, 0.6) is 5.75 Å². The Balaban J connectivity index is 1.70. The maximum atomic E-state index is 13.3. The van der Waals surface area contributed by atoms with E-state index in [1.165, 1.54) is 17.0 Å². The minimum atomic E-state index is -1.03.